The number of benzene rings is 1. The van der Waals surface area contributed by atoms with Gasteiger partial charge in [0.05, 0.1) is 0 Å². The average molecular weight is 245 g/mol. The van der Waals surface area contributed by atoms with Crippen LogP contribution in [0.1, 0.15) is 12.8 Å². The third kappa shape index (κ3) is 3.26. The number of piperidine rings is 1. The molecule has 1 aliphatic rings. The molecule has 1 aromatic carbocycles. The van der Waals surface area contributed by atoms with E-state index in [2.05, 4.69) is 10.6 Å². The molecule has 1 aliphatic heterocycles. The first kappa shape index (κ1) is 11.1. The van der Waals surface area contributed by atoms with Gasteiger partial charge < -0.3 is 10.6 Å². The van der Waals surface area contributed by atoms with Gasteiger partial charge in [-0.25, -0.2) is 0 Å². The molecule has 0 amide bonds. The highest BCUT2D eigenvalue weighted by Gasteiger charge is 2.12. The zero-order valence-electron chi connectivity index (χ0n) is 8.39. The van der Waals surface area contributed by atoms with Crippen LogP contribution in [0.15, 0.2) is 18.2 Å². The molecule has 1 heterocycles. The highest BCUT2D eigenvalue weighted by atomic mass is 35.5. The van der Waals surface area contributed by atoms with Gasteiger partial charge in [0.2, 0.25) is 0 Å². The fraction of sp³-hybridized carbons (Fsp3) is 0.455. The largest absolute Gasteiger partial charge is 0.381 e. The summed E-state index contributed by atoms with van der Waals surface area (Å²) in [4.78, 5) is 0. The van der Waals surface area contributed by atoms with Crippen LogP contribution in [0.2, 0.25) is 10.0 Å². The Morgan fingerprint density at radius 1 is 1.20 bits per heavy atom. The smallest absolute Gasteiger partial charge is 0.0441 e. The zero-order chi connectivity index (χ0) is 10.7. The molecule has 0 bridgehead atoms. The van der Waals surface area contributed by atoms with Gasteiger partial charge in [0.25, 0.3) is 0 Å². The first-order valence-corrected chi connectivity index (χ1v) is 5.93. The van der Waals surface area contributed by atoms with Crippen LogP contribution in [-0.2, 0) is 0 Å². The van der Waals surface area contributed by atoms with E-state index in [0.29, 0.717) is 16.1 Å². The molecule has 0 aliphatic carbocycles. The maximum Gasteiger partial charge on any atom is 0.0441 e. The second-order valence-electron chi connectivity index (χ2n) is 3.85. The van der Waals surface area contributed by atoms with E-state index in [-0.39, 0.29) is 0 Å². The molecule has 0 spiro atoms. The summed E-state index contributed by atoms with van der Waals surface area (Å²) < 4.78 is 0. The molecule has 0 saturated carbocycles. The fourth-order valence-corrected chi connectivity index (χ4v) is 2.37. The lowest BCUT2D eigenvalue weighted by molar-refractivity contribution is 0.480. The molecule has 15 heavy (non-hydrogen) atoms. The molecule has 82 valence electrons. The lowest BCUT2D eigenvalue weighted by atomic mass is 10.1. The quantitative estimate of drug-likeness (QED) is 0.836. The number of anilines is 1. The Bertz CT molecular complexity index is 315. The van der Waals surface area contributed by atoms with Crippen LogP contribution < -0.4 is 10.6 Å². The van der Waals surface area contributed by atoms with Gasteiger partial charge in [0.1, 0.15) is 0 Å². The Hall–Kier alpha value is -0.440. The van der Waals surface area contributed by atoms with E-state index in [9.17, 15) is 0 Å². The van der Waals surface area contributed by atoms with Gasteiger partial charge in [-0.15, -0.1) is 0 Å². The predicted octanol–water partition coefficient (Wildman–Crippen LogP) is 3.16. The van der Waals surface area contributed by atoms with Crippen LogP contribution in [0.4, 0.5) is 5.69 Å². The van der Waals surface area contributed by atoms with Crippen LogP contribution >= 0.6 is 23.2 Å². The lowest BCUT2D eigenvalue weighted by Gasteiger charge is -2.24. The topological polar surface area (TPSA) is 24.1 Å². The van der Waals surface area contributed by atoms with Gasteiger partial charge in [-0.05, 0) is 37.6 Å². The van der Waals surface area contributed by atoms with Crippen LogP contribution in [0, 0.1) is 0 Å². The van der Waals surface area contributed by atoms with Crippen molar-refractivity contribution in [3.8, 4) is 0 Å². The van der Waals surface area contributed by atoms with Crippen LogP contribution in [0.5, 0.6) is 0 Å². The minimum Gasteiger partial charge on any atom is -0.381 e. The third-order valence-corrected chi connectivity index (χ3v) is 2.97. The Morgan fingerprint density at radius 3 is 2.53 bits per heavy atom. The molecule has 1 unspecified atom stereocenters. The van der Waals surface area contributed by atoms with Gasteiger partial charge in [-0.1, -0.05) is 23.2 Å². The third-order valence-electron chi connectivity index (χ3n) is 2.53. The summed E-state index contributed by atoms with van der Waals surface area (Å²) in [6.45, 7) is 2.12. The Kier molecular flexibility index (Phi) is 3.73. The molecular weight excluding hydrogens is 231 g/mol. The number of halogens is 2. The van der Waals surface area contributed by atoms with Crippen molar-refractivity contribution in [3.63, 3.8) is 0 Å². The molecule has 1 saturated heterocycles. The summed E-state index contributed by atoms with van der Waals surface area (Å²) in [5.74, 6) is 0. The second-order valence-corrected chi connectivity index (χ2v) is 4.72. The molecular formula is C11H14Cl2N2. The summed E-state index contributed by atoms with van der Waals surface area (Å²) in [5, 5.41) is 8.14. The molecule has 1 fully saturated rings. The standard InChI is InChI=1S/C11H14Cl2N2/c12-8-4-9(13)6-11(5-8)15-10-2-1-3-14-7-10/h4-6,10,14-15H,1-3,7H2. The maximum atomic E-state index is 5.93. The Balaban J connectivity index is 2.02. The summed E-state index contributed by atoms with van der Waals surface area (Å²) >= 11 is 11.9. The first-order valence-electron chi connectivity index (χ1n) is 5.17. The fourth-order valence-electron chi connectivity index (χ4n) is 1.85. The van der Waals surface area contributed by atoms with Gasteiger partial charge >= 0.3 is 0 Å². The molecule has 4 heteroatoms. The van der Waals surface area contributed by atoms with Crippen LogP contribution in [-0.4, -0.2) is 19.1 Å². The van der Waals surface area contributed by atoms with E-state index in [4.69, 9.17) is 23.2 Å². The van der Waals surface area contributed by atoms with Crippen molar-refractivity contribution in [1.82, 2.24) is 5.32 Å². The number of hydrogen-bond donors (Lipinski definition) is 2. The van der Waals surface area contributed by atoms with E-state index in [0.717, 1.165) is 18.8 Å². The van der Waals surface area contributed by atoms with Gasteiger partial charge in [-0.2, -0.15) is 0 Å². The number of nitrogens with one attached hydrogen (secondary N) is 2. The molecule has 2 nitrogen and oxygen atoms in total. The molecule has 0 radical (unpaired) electrons. The van der Waals surface area contributed by atoms with E-state index < -0.39 is 0 Å². The van der Waals surface area contributed by atoms with Crippen molar-refractivity contribution >= 4 is 28.9 Å². The molecule has 0 aromatic heterocycles. The average Bonchev–Trinajstić information content (AvgIpc) is 2.17. The van der Waals surface area contributed by atoms with E-state index in [1.54, 1.807) is 6.07 Å². The van der Waals surface area contributed by atoms with Gasteiger partial charge in [-0.3, -0.25) is 0 Å². The highest BCUT2D eigenvalue weighted by molar-refractivity contribution is 6.35. The van der Waals surface area contributed by atoms with E-state index in [1.165, 1.54) is 12.8 Å². The van der Waals surface area contributed by atoms with Gasteiger partial charge in [0, 0.05) is 28.3 Å². The molecule has 1 aromatic rings. The van der Waals surface area contributed by atoms with Crippen molar-refractivity contribution in [3.05, 3.63) is 28.2 Å². The predicted molar refractivity (Wildman–Crippen MR) is 66.0 cm³/mol. The van der Waals surface area contributed by atoms with Crippen molar-refractivity contribution in [2.24, 2.45) is 0 Å². The molecule has 2 rings (SSSR count). The van der Waals surface area contributed by atoms with Crippen molar-refractivity contribution in [2.45, 2.75) is 18.9 Å². The summed E-state index contributed by atoms with van der Waals surface area (Å²) in [5.41, 5.74) is 1.00. The Morgan fingerprint density at radius 2 is 1.93 bits per heavy atom. The van der Waals surface area contributed by atoms with Crippen molar-refractivity contribution < 1.29 is 0 Å². The normalized spacial score (nSPS) is 21.3. The maximum absolute atomic E-state index is 5.93. The van der Waals surface area contributed by atoms with E-state index >= 15 is 0 Å². The first-order chi connectivity index (χ1) is 7.24. The molecule has 1 atom stereocenters. The van der Waals surface area contributed by atoms with Gasteiger partial charge in [0.15, 0.2) is 0 Å². The highest BCUT2D eigenvalue weighted by Crippen LogP contribution is 2.23. The number of rotatable bonds is 2. The van der Waals surface area contributed by atoms with Crippen molar-refractivity contribution in [2.75, 3.05) is 18.4 Å². The number of hydrogen-bond acceptors (Lipinski definition) is 2. The summed E-state index contributed by atoms with van der Waals surface area (Å²) in [6.07, 6.45) is 2.41. The van der Waals surface area contributed by atoms with E-state index in [1.807, 2.05) is 12.1 Å². The zero-order valence-corrected chi connectivity index (χ0v) is 9.91. The lowest BCUT2D eigenvalue weighted by Crippen LogP contribution is -2.38. The SMILES string of the molecule is Clc1cc(Cl)cc(NC2CCCNC2)c1. The second kappa shape index (κ2) is 5.06. The summed E-state index contributed by atoms with van der Waals surface area (Å²) in [6, 6.07) is 6.03. The Labute approximate surface area is 100.0 Å². The van der Waals surface area contributed by atoms with Crippen LogP contribution in [0.3, 0.4) is 0 Å². The van der Waals surface area contributed by atoms with Crippen molar-refractivity contribution in [1.29, 1.82) is 0 Å². The molecule has 2 N–H and O–H groups in total. The minimum absolute atomic E-state index is 0.480. The van der Waals surface area contributed by atoms with Crippen LogP contribution in [0.25, 0.3) is 0 Å². The minimum atomic E-state index is 0.480. The summed E-state index contributed by atoms with van der Waals surface area (Å²) in [7, 11) is 0. The monoisotopic (exact) mass is 244 g/mol.